The van der Waals surface area contributed by atoms with Gasteiger partial charge in [0.15, 0.2) is 0 Å². The lowest BCUT2D eigenvalue weighted by Crippen LogP contribution is -2.48. The highest BCUT2D eigenvalue weighted by molar-refractivity contribution is 6.00. The Morgan fingerprint density at radius 2 is 1.76 bits per heavy atom. The van der Waals surface area contributed by atoms with Gasteiger partial charge in [-0.15, -0.1) is 0 Å². The van der Waals surface area contributed by atoms with Gasteiger partial charge in [-0.05, 0) is 30.9 Å². The zero-order valence-electron chi connectivity index (χ0n) is 16.8. The smallest absolute Gasteiger partial charge is 0.227 e. The van der Waals surface area contributed by atoms with E-state index < -0.39 is 17.6 Å². The minimum absolute atomic E-state index is 0.00961. The van der Waals surface area contributed by atoms with Gasteiger partial charge in [0.2, 0.25) is 17.7 Å². The Morgan fingerprint density at radius 3 is 2.34 bits per heavy atom. The van der Waals surface area contributed by atoms with Crippen LogP contribution in [0.15, 0.2) is 18.2 Å². The number of nitrogens with zero attached hydrogens (tertiary/aromatic N) is 2. The standard InChI is InChI=1S/C21H27F2N3O3/c1-13(2)7-19(27)25-5-3-17(4-6-25)24-21(29)14-8-20(28)26(12-14)18-10-15(22)9-16(23)11-18/h9-11,13-14,17H,3-8,12H2,1-2H3,(H,24,29). The van der Waals surface area contributed by atoms with Gasteiger partial charge in [0.25, 0.3) is 0 Å². The summed E-state index contributed by atoms with van der Waals surface area (Å²) in [6, 6.07) is 2.88. The molecule has 1 aromatic carbocycles. The first-order valence-electron chi connectivity index (χ1n) is 10.1. The molecule has 0 bridgehead atoms. The second-order valence-electron chi connectivity index (χ2n) is 8.29. The third-order valence-corrected chi connectivity index (χ3v) is 5.43. The van der Waals surface area contributed by atoms with Crippen LogP contribution < -0.4 is 10.2 Å². The molecule has 1 atom stereocenters. The lowest BCUT2D eigenvalue weighted by molar-refractivity contribution is -0.133. The molecule has 1 unspecified atom stereocenters. The highest BCUT2D eigenvalue weighted by Crippen LogP contribution is 2.27. The van der Waals surface area contributed by atoms with E-state index in [1.54, 1.807) is 0 Å². The van der Waals surface area contributed by atoms with Crippen molar-refractivity contribution in [2.24, 2.45) is 11.8 Å². The monoisotopic (exact) mass is 407 g/mol. The van der Waals surface area contributed by atoms with Gasteiger partial charge >= 0.3 is 0 Å². The van der Waals surface area contributed by atoms with E-state index in [0.717, 1.165) is 18.2 Å². The average Bonchev–Trinajstić information content (AvgIpc) is 3.03. The largest absolute Gasteiger partial charge is 0.353 e. The Bertz CT molecular complexity index is 771. The third-order valence-electron chi connectivity index (χ3n) is 5.43. The lowest BCUT2D eigenvalue weighted by Gasteiger charge is -2.33. The lowest BCUT2D eigenvalue weighted by atomic mass is 10.0. The molecule has 1 N–H and O–H groups in total. The predicted molar refractivity (Wildman–Crippen MR) is 104 cm³/mol. The highest BCUT2D eigenvalue weighted by atomic mass is 19.1. The number of carbonyl (C=O) groups excluding carboxylic acids is 3. The first-order valence-corrected chi connectivity index (χ1v) is 10.1. The van der Waals surface area contributed by atoms with Crippen molar-refractivity contribution in [1.82, 2.24) is 10.2 Å². The van der Waals surface area contributed by atoms with E-state index in [1.807, 2.05) is 18.7 Å². The van der Waals surface area contributed by atoms with Crippen molar-refractivity contribution < 1.29 is 23.2 Å². The third kappa shape index (κ3) is 5.31. The molecular formula is C21H27F2N3O3. The summed E-state index contributed by atoms with van der Waals surface area (Å²) < 4.78 is 26.9. The SMILES string of the molecule is CC(C)CC(=O)N1CCC(NC(=O)C2CC(=O)N(c3cc(F)cc(F)c3)C2)CC1. The maximum Gasteiger partial charge on any atom is 0.227 e. The van der Waals surface area contributed by atoms with E-state index in [0.29, 0.717) is 38.3 Å². The first kappa shape index (κ1) is 21.2. The number of amides is 3. The number of benzene rings is 1. The predicted octanol–water partition coefficient (Wildman–Crippen LogP) is 2.47. The van der Waals surface area contributed by atoms with E-state index in [1.165, 1.54) is 4.90 Å². The van der Waals surface area contributed by atoms with Gasteiger partial charge in [0.1, 0.15) is 11.6 Å². The van der Waals surface area contributed by atoms with E-state index in [-0.39, 0.29) is 42.4 Å². The van der Waals surface area contributed by atoms with Gasteiger partial charge in [-0.3, -0.25) is 14.4 Å². The van der Waals surface area contributed by atoms with Crippen molar-refractivity contribution in [3.05, 3.63) is 29.8 Å². The summed E-state index contributed by atoms with van der Waals surface area (Å²) in [6.07, 6.45) is 1.89. The van der Waals surface area contributed by atoms with E-state index in [2.05, 4.69) is 5.32 Å². The van der Waals surface area contributed by atoms with Gasteiger partial charge in [-0.25, -0.2) is 8.78 Å². The van der Waals surface area contributed by atoms with Crippen LogP contribution in [0.25, 0.3) is 0 Å². The fourth-order valence-corrected chi connectivity index (χ4v) is 3.90. The van der Waals surface area contributed by atoms with Crippen molar-refractivity contribution in [2.45, 2.75) is 45.6 Å². The van der Waals surface area contributed by atoms with Crippen LogP contribution in [0, 0.1) is 23.5 Å². The number of likely N-dealkylation sites (tertiary alicyclic amines) is 1. The molecule has 3 rings (SSSR count). The topological polar surface area (TPSA) is 69.7 Å². The summed E-state index contributed by atoms with van der Waals surface area (Å²) in [7, 11) is 0. The number of carbonyl (C=O) groups is 3. The number of nitrogens with one attached hydrogen (secondary N) is 1. The number of rotatable bonds is 5. The first-order chi connectivity index (χ1) is 13.7. The van der Waals surface area contributed by atoms with Crippen LogP contribution in [0.4, 0.5) is 14.5 Å². The molecule has 2 aliphatic heterocycles. The Hall–Kier alpha value is -2.51. The molecule has 29 heavy (non-hydrogen) atoms. The Balaban J connectivity index is 1.52. The molecule has 0 aliphatic carbocycles. The molecule has 8 heteroatoms. The van der Waals surface area contributed by atoms with Crippen LogP contribution in [0.2, 0.25) is 0 Å². The molecule has 3 amide bonds. The molecule has 0 radical (unpaired) electrons. The summed E-state index contributed by atoms with van der Waals surface area (Å²) >= 11 is 0. The summed E-state index contributed by atoms with van der Waals surface area (Å²) in [5.41, 5.74) is 0.125. The highest BCUT2D eigenvalue weighted by Gasteiger charge is 2.36. The molecular weight excluding hydrogens is 380 g/mol. The van der Waals surface area contributed by atoms with Gasteiger partial charge in [-0.1, -0.05) is 13.8 Å². The fraction of sp³-hybridized carbons (Fsp3) is 0.571. The molecule has 2 aliphatic rings. The van der Waals surface area contributed by atoms with E-state index >= 15 is 0 Å². The molecule has 2 saturated heterocycles. The van der Waals surface area contributed by atoms with Crippen LogP contribution in [0.5, 0.6) is 0 Å². The van der Waals surface area contributed by atoms with Crippen molar-refractivity contribution in [3.63, 3.8) is 0 Å². The Morgan fingerprint density at radius 1 is 1.14 bits per heavy atom. The maximum absolute atomic E-state index is 13.4. The van der Waals surface area contributed by atoms with Gasteiger partial charge in [0, 0.05) is 50.3 Å². The van der Waals surface area contributed by atoms with Crippen molar-refractivity contribution in [2.75, 3.05) is 24.5 Å². The molecule has 1 aromatic rings. The van der Waals surface area contributed by atoms with Crippen LogP contribution in [-0.4, -0.2) is 48.3 Å². The number of anilines is 1. The maximum atomic E-state index is 13.4. The number of hydrogen-bond acceptors (Lipinski definition) is 3. The molecule has 0 aromatic heterocycles. The van der Waals surface area contributed by atoms with E-state index in [9.17, 15) is 23.2 Å². The second kappa shape index (κ2) is 8.88. The van der Waals surface area contributed by atoms with Crippen LogP contribution in [-0.2, 0) is 14.4 Å². The quantitative estimate of drug-likeness (QED) is 0.815. The van der Waals surface area contributed by atoms with Crippen LogP contribution in [0.3, 0.4) is 0 Å². The summed E-state index contributed by atoms with van der Waals surface area (Å²) in [5.74, 6) is -2.19. The molecule has 0 spiro atoms. The summed E-state index contributed by atoms with van der Waals surface area (Å²) in [5, 5.41) is 2.97. The van der Waals surface area contributed by atoms with Crippen LogP contribution >= 0.6 is 0 Å². The molecule has 0 saturated carbocycles. The minimum atomic E-state index is -0.764. The van der Waals surface area contributed by atoms with Gasteiger partial charge < -0.3 is 15.1 Å². The molecule has 2 fully saturated rings. The van der Waals surface area contributed by atoms with Crippen molar-refractivity contribution in [3.8, 4) is 0 Å². The Kier molecular flexibility index (Phi) is 6.49. The molecule has 2 heterocycles. The number of halogens is 2. The normalized spacial score (nSPS) is 20.4. The summed E-state index contributed by atoms with van der Waals surface area (Å²) in [4.78, 5) is 40.1. The Labute approximate surface area is 169 Å². The van der Waals surface area contributed by atoms with Gasteiger partial charge in [0.05, 0.1) is 5.92 Å². The molecule has 158 valence electrons. The minimum Gasteiger partial charge on any atom is -0.353 e. The molecule has 6 nitrogen and oxygen atoms in total. The van der Waals surface area contributed by atoms with Gasteiger partial charge in [-0.2, -0.15) is 0 Å². The van der Waals surface area contributed by atoms with Crippen molar-refractivity contribution in [1.29, 1.82) is 0 Å². The van der Waals surface area contributed by atoms with Crippen LogP contribution in [0.1, 0.15) is 39.5 Å². The second-order valence-corrected chi connectivity index (χ2v) is 8.29. The average molecular weight is 407 g/mol. The van der Waals surface area contributed by atoms with Crippen molar-refractivity contribution >= 4 is 23.4 Å². The summed E-state index contributed by atoms with van der Waals surface area (Å²) in [6.45, 7) is 5.33. The zero-order valence-corrected chi connectivity index (χ0v) is 16.8. The number of hydrogen-bond donors (Lipinski definition) is 1. The number of piperidine rings is 1. The zero-order chi connectivity index (χ0) is 21.1. The fourth-order valence-electron chi connectivity index (χ4n) is 3.90. The van der Waals surface area contributed by atoms with E-state index in [4.69, 9.17) is 0 Å².